The number of ether oxygens (including phenoxy) is 1. The van der Waals surface area contributed by atoms with Crippen molar-refractivity contribution in [3.05, 3.63) is 64.1 Å². The molecule has 0 fully saturated rings. The smallest absolute Gasteiger partial charge is 0.308 e. The van der Waals surface area contributed by atoms with Gasteiger partial charge in [0.05, 0.1) is 0 Å². The summed E-state index contributed by atoms with van der Waals surface area (Å²) in [5.41, 5.74) is 0.918. The lowest BCUT2D eigenvalue weighted by molar-refractivity contribution is -0.131. The quantitative estimate of drug-likeness (QED) is 0.440. The normalized spacial score (nSPS) is 10.0. The Morgan fingerprint density at radius 1 is 0.920 bits per heavy atom. The van der Waals surface area contributed by atoms with E-state index in [0.29, 0.717) is 23.4 Å². The topological polar surface area (TPSA) is 84.5 Å². The van der Waals surface area contributed by atoms with E-state index >= 15 is 0 Å². The summed E-state index contributed by atoms with van der Waals surface area (Å²) in [5.74, 6) is -0.664. The number of esters is 1. The van der Waals surface area contributed by atoms with Gasteiger partial charge in [-0.1, -0.05) is 22.0 Å². The maximum absolute atomic E-state index is 12.1. The van der Waals surface area contributed by atoms with Crippen LogP contribution < -0.4 is 15.4 Å². The zero-order valence-corrected chi connectivity index (χ0v) is 15.1. The molecule has 2 rings (SSSR count). The molecular weight excluding hydrogens is 388 g/mol. The molecule has 0 aliphatic heterocycles. The predicted octanol–water partition coefficient (Wildman–Crippen LogP) is 2.53. The number of amides is 2. The second-order valence-corrected chi connectivity index (χ2v) is 6.06. The number of carbonyl (C=O) groups excluding carboxylic acids is 3. The second-order valence-electron chi connectivity index (χ2n) is 5.14. The first kappa shape index (κ1) is 18.7. The van der Waals surface area contributed by atoms with Crippen molar-refractivity contribution in [3.63, 3.8) is 0 Å². The van der Waals surface area contributed by atoms with E-state index in [1.807, 2.05) is 0 Å². The average molecular weight is 405 g/mol. The van der Waals surface area contributed by atoms with Gasteiger partial charge in [-0.25, -0.2) is 0 Å². The van der Waals surface area contributed by atoms with E-state index in [1.54, 1.807) is 42.5 Å². The van der Waals surface area contributed by atoms with Crippen LogP contribution in [0.1, 0.15) is 27.6 Å². The van der Waals surface area contributed by atoms with Crippen LogP contribution in [0.25, 0.3) is 0 Å². The highest BCUT2D eigenvalue weighted by atomic mass is 79.9. The number of hydrogen-bond acceptors (Lipinski definition) is 4. The minimum atomic E-state index is -0.451. The van der Waals surface area contributed by atoms with Crippen LogP contribution in [0.3, 0.4) is 0 Å². The first-order valence-corrected chi connectivity index (χ1v) is 8.35. The Morgan fingerprint density at radius 3 is 2.12 bits per heavy atom. The van der Waals surface area contributed by atoms with Gasteiger partial charge in [-0.3, -0.25) is 14.4 Å². The molecule has 25 heavy (non-hydrogen) atoms. The number of benzene rings is 2. The number of rotatable bonds is 6. The first-order chi connectivity index (χ1) is 12.0. The highest BCUT2D eigenvalue weighted by molar-refractivity contribution is 9.10. The van der Waals surface area contributed by atoms with Crippen LogP contribution >= 0.6 is 15.9 Å². The molecule has 0 atom stereocenters. The number of carbonyl (C=O) groups is 3. The highest BCUT2D eigenvalue weighted by Gasteiger charge is 2.08. The number of hydrogen-bond donors (Lipinski definition) is 2. The number of halogens is 1. The molecule has 0 saturated carbocycles. The van der Waals surface area contributed by atoms with Crippen molar-refractivity contribution in [2.24, 2.45) is 0 Å². The van der Waals surface area contributed by atoms with Crippen molar-refractivity contribution in [2.45, 2.75) is 6.92 Å². The van der Waals surface area contributed by atoms with Crippen LogP contribution in [-0.4, -0.2) is 30.9 Å². The van der Waals surface area contributed by atoms with Crippen molar-refractivity contribution in [3.8, 4) is 5.75 Å². The molecule has 0 radical (unpaired) electrons. The molecule has 0 aliphatic carbocycles. The molecule has 2 aromatic carbocycles. The van der Waals surface area contributed by atoms with E-state index < -0.39 is 5.97 Å². The molecule has 0 saturated heterocycles. The molecule has 2 aromatic rings. The van der Waals surface area contributed by atoms with Gasteiger partial charge in [0.25, 0.3) is 11.8 Å². The standard InChI is InChI=1S/C18H17BrN2O4/c1-12(22)25-16-4-2-3-14(11-16)18(24)21-10-9-20-17(23)13-5-7-15(19)8-6-13/h2-8,11H,9-10H2,1H3,(H,20,23)(H,21,24). The monoisotopic (exact) mass is 404 g/mol. The fourth-order valence-electron chi connectivity index (χ4n) is 2.02. The van der Waals surface area contributed by atoms with Gasteiger partial charge in [-0.05, 0) is 42.5 Å². The van der Waals surface area contributed by atoms with Crippen molar-refractivity contribution >= 4 is 33.7 Å². The first-order valence-electron chi connectivity index (χ1n) is 7.56. The maximum Gasteiger partial charge on any atom is 0.308 e. The highest BCUT2D eigenvalue weighted by Crippen LogP contribution is 2.13. The molecule has 2 amide bonds. The van der Waals surface area contributed by atoms with Gasteiger partial charge in [0.15, 0.2) is 0 Å². The van der Waals surface area contributed by atoms with Gasteiger partial charge in [-0.2, -0.15) is 0 Å². The van der Waals surface area contributed by atoms with Crippen molar-refractivity contribution in [1.82, 2.24) is 10.6 Å². The Balaban J connectivity index is 1.79. The Kier molecular flexibility index (Phi) is 6.71. The molecule has 0 bridgehead atoms. The van der Waals surface area contributed by atoms with Gasteiger partial charge >= 0.3 is 5.97 Å². The zero-order chi connectivity index (χ0) is 18.2. The summed E-state index contributed by atoms with van der Waals surface area (Å²) in [5, 5.41) is 5.42. The fourth-order valence-corrected chi connectivity index (χ4v) is 2.29. The summed E-state index contributed by atoms with van der Waals surface area (Å²) < 4.78 is 5.84. The maximum atomic E-state index is 12.1. The van der Waals surface area contributed by atoms with Gasteiger partial charge in [-0.15, -0.1) is 0 Å². The Hall–Kier alpha value is -2.67. The molecule has 7 heteroatoms. The molecule has 130 valence electrons. The van der Waals surface area contributed by atoms with Crippen LogP contribution in [0.15, 0.2) is 53.0 Å². The van der Waals surface area contributed by atoms with Crippen molar-refractivity contribution < 1.29 is 19.1 Å². The van der Waals surface area contributed by atoms with Crippen molar-refractivity contribution in [1.29, 1.82) is 0 Å². The summed E-state index contributed by atoms with van der Waals surface area (Å²) in [6.07, 6.45) is 0. The third-order valence-electron chi connectivity index (χ3n) is 3.16. The van der Waals surface area contributed by atoms with Crippen molar-refractivity contribution in [2.75, 3.05) is 13.1 Å². The Labute approximate surface area is 153 Å². The van der Waals surface area contributed by atoms with Crippen LogP contribution in [-0.2, 0) is 4.79 Å². The van der Waals surface area contributed by atoms with Crippen LogP contribution in [0, 0.1) is 0 Å². The van der Waals surface area contributed by atoms with E-state index in [9.17, 15) is 14.4 Å². The summed E-state index contributed by atoms with van der Waals surface area (Å²) >= 11 is 3.31. The molecule has 0 unspecified atom stereocenters. The van der Waals surface area contributed by atoms with Crippen LogP contribution in [0.2, 0.25) is 0 Å². The zero-order valence-electron chi connectivity index (χ0n) is 13.5. The van der Waals surface area contributed by atoms with E-state index in [4.69, 9.17) is 4.74 Å². The molecule has 0 heterocycles. The third-order valence-corrected chi connectivity index (χ3v) is 3.69. The lowest BCUT2D eigenvalue weighted by atomic mass is 10.2. The summed E-state index contributed by atoms with van der Waals surface area (Å²) in [7, 11) is 0. The van der Waals surface area contributed by atoms with E-state index in [2.05, 4.69) is 26.6 Å². The SMILES string of the molecule is CC(=O)Oc1cccc(C(=O)NCCNC(=O)c2ccc(Br)cc2)c1. The predicted molar refractivity (Wildman–Crippen MR) is 96.6 cm³/mol. The van der Waals surface area contributed by atoms with Gasteiger partial charge < -0.3 is 15.4 Å². The lowest BCUT2D eigenvalue weighted by Crippen LogP contribution is -2.34. The fraction of sp³-hybridized carbons (Fsp3) is 0.167. The van der Waals surface area contributed by atoms with E-state index in [0.717, 1.165) is 4.47 Å². The van der Waals surface area contributed by atoms with E-state index in [-0.39, 0.29) is 18.4 Å². The Morgan fingerprint density at radius 2 is 1.52 bits per heavy atom. The van der Waals surface area contributed by atoms with Gasteiger partial charge in [0.1, 0.15) is 5.75 Å². The second kappa shape index (κ2) is 8.98. The van der Waals surface area contributed by atoms with Gasteiger partial charge in [0, 0.05) is 35.6 Å². The third kappa shape index (κ3) is 6.04. The molecule has 0 aromatic heterocycles. The van der Waals surface area contributed by atoms with Gasteiger partial charge in [0.2, 0.25) is 0 Å². The van der Waals surface area contributed by atoms with E-state index in [1.165, 1.54) is 13.0 Å². The molecule has 0 spiro atoms. The molecule has 2 N–H and O–H groups in total. The molecule has 0 aliphatic rings. The van der Waals surface area contributed by atoms with Crippen LogP contribution in [0.5, 0.6) is 5.75 Å². The summed E-state index contributed by atoms with van der Waals surface area (Å²) in [6, 6.07) is 13.3. The Bertz CT molecular complexity index is 775. The summed E-state index contributed by atoms with van der Waals surface area (Å²) in [4.78, 5) is 34.9. The minimum absolute atomic E-state index is 0.210. The summed E-state index contributed by atoms with van der Waals surface area (Å²) in [6.45, 7) is 1.87. The largest absolute Gasteiger partial charge is 0.427 e. The lowest BCUT2D eigenvalue weighted by Gasteiger charge is -2.08. The molecule has 6 nitrogen and oxygen atoms in total. The minimum Gasteiger partial charge on any atom is -0.427 e. The average Bonchev–Trinajstić information content (AvgIpc) is 2.58. The molecular formula is C18H17BrN2O4. The van der Waals surface area contributed by atoms with Crippen LogP contribution in [0.4, 0.5) is 0 Å². The number of nitrogens with one attached hydrogen (secondary N) is 2.